The highest BCUT2D eigenvalue weighted by molar-refractivity contribution is 5.95. The Morgan fingerprint density at radius 1 is 1.17 bits per heavy atom. The van der Waals surface area contributed by atoms with Crippen LogP contribution in [0.1, 0.15) is 38.2 Å². The summed E-state index contributed by atoms with van der Waals surface area (Å²) in [6.07, 6.45) is 2.79. The number of esters is 1. The third-order valence-electron chi connectivity index (χ3n) is 2.57. The maximum absolute atomic E-state index is 11.5. The molecule has 0 spiro atoms. The van der Waals surface area contributed by atoms with Crippen LogP contribution < -0.4 is 0 Å². The predicted octanol–water partition coefficient (Wildman–Crippen LogP) is 2.92. The molecule has 0 atom stereocenters. The van der Waals surface area contributed by atoms with Gasteiger partial charge in [0, 0.05) is 6.42 Å². The summed E-state index contributed by atoms with van der Waals surface area (Å²) in [7, 11) is 0. The molecule has 18 heavy (non-hydrogen) atoms. The van der Waals surface area contributed by atoms with E-state index in [1.165, 1.54) is 5.56 Å². The summed E-state index contributed by atoms with van der Waals surface area (Å²) in [6, 6.07) is 10.0. The summed E-state index contributed by atoms with van der Waals surface area (Å²) >= 11 is 0. The molecule has 0 aliphatic rings. The van der Waals surface area contributed by atoms with Gasteiger partial charge in [-0.25, -0.2) is 0 Å². The Morgan fingerprint density at radius 2 is 1.89 bits per heavy atom. The molecule has 98 valence electrons. The molecular formula is C15H20O3. The normalized spacial score (nSPS) is 10.1. The van der Waals surface area contributed by atoms with E-state index in [1.54, 1.807) is 0 Å². The van der Waals surface area contributed by atoms with Crippen molar-refractivity contribution in [1.29, 1.82) is 0 Å². The molecule has 0 aromatic heterocycles. The van der Waals surface area contributed by atoms with Gasteiger partial charge < -0.3 is 4.74 Å². The van der Waals surface area contributed by atoms with Gasteiger partial charge >= 0.3 is 5.97 Å². The van der Waals surface area contributed by atoms with Crippen molar-refractivity contribution in [1.82, 2.24) is 0 Å². The Balaban J connectivity index is 2.15. The second kappa shape index (κ2) is 8.45. The van der Waals surface area contributed by atoms with E-state index in [-0.39, 0.29) is 12.2 Å². The van der Waals surface area contributed by atoms with Gasteiger partial charge in [0.2, 0.25) is 0 Å². The molecule has 0 aliphatic heterocycles. The van der Waals surface area contributed by atoms with E-state index in [0.717, 1.165) is 19.3 Å². The zero-order chi connectivity index (χ0) is 13.2. The largest absolute Gasteiger partial charge is 0.465 e. The van der Waals surface area contributed by atoms with E-state index in [2.05, 4.69) is 0 Å². The highest BCUT2D eigenvalue weighted by Gasteiger charge is 2.10. The quantitative estimate of drug-likeness (QED) is 0.525. The number of aryl methyl sites for hydroxylation is 1. The van der Waals surface area contributed by atoms with Crippen LogP contribution in [0.25, 0.3) is 0 Å². The molecule has 0 unspecified atom stereocenters. The lowest BCUT2D eigenvalue weighted by atomic mass is 10.1. The number of benzene rings is 1. The first kappa shape index (κ1) is 14.4. The molecule has 0 fully saturated rings. The Morgan fingerprint density at radius 3 is 2.56 bits per heavy atom. The summed E-state index contributed by atoms with van der Waals surface area (Å²) in [5.41, 5.74) is 1.22. The third-order valence-corrected chi connectivity index (χ3v) is 2.57. The molecular weight excluding hydrogens is 228 g/mol. The summed E-state index contributed by atoms with van der Waals surface area (Å²) in [5, 5.41) is 0. The average molecular weight is 248 g/mol. The van der Waals surface area contributed by atoms with Crippen LogP contribution in [0.5, 0.6) is 0 Å². The van der Waals surface area contributed by atoms with Gasteiger partial charge in [-0.15, -0.1) is 0 Å². The first-order valence-corrected chi connectivity index (χ1v) is 6.43. The Hall–Kier alpha value is -1.64. The summed E-state index contributed by atoms with van der Waals surface area (Å²) in [6.45, 7) is 2.32. The Kier molecular flexibility index (Phi) is 6.77. The van der Waals surface area contributed by atoms with Gasteiger partial charge in [0.15, 0.2) is 0 Å². The number of hydrogen-bond acceptors (Lipinski definition) is 3. The van der Waals surface area contributed by atoms with Crippen molar-refractivity contribution in [3.05, 3.63) is 35.9 Å². The number of ketones is 1. The van der Waals surface area contributed by atoms with Crippen molar-refractivity contribution in [2.24, 2.45) is 0 Å². The lowest BCUT2D eigenvalue weighted by molar-refractivity contribution is -0.146. The first-order valence-electron chi connectivity index (χ1n) is 6.43. The van der Waals surface area contributed by atoms with Crippen LogP contribution >= 0.6 is 0 Å². The van der Waals surface area contributed by atoms with Crippen LogP contribution in [0, 0.1) is 0 Å². The lowest BCUT2D eigenvalue weighted by Crippen LogP contribution is -2.11. The summed E-state index contributed by atoms with van der Waals surface area (Å²) in [4.78, 5) is 22.7. The first-order chi connectivity index (χ1) is 8.72. The summed E-state index contributed by atoms with van der Waals surface area (Å²) in [5.74, 6) is -0.436. The van der Waals surface area contributed by atoms with Crippen LogP contribution in [-0.4, -0.2) is 18.4 Å². The zero-order valence-corrected chi connectivity index (χ0v) is 10.9. The van der Waals surface area contributed by atoms with Crippen LogP contribution in [0.4, 0.5) is 0 Å². The number of hydrogen-bond donors (Lipinski definition) is 0. The van der Waals surface area contributed by atoms with Crippen LogP contribution in [0.3, 0.4) is 0 Å². The van der Waals surface area contributed by atoms with Crippen molar-refractivity contribution in [2.45, 2.75) is 39.0 Å². The van der Waals surface area contributed by atoms with Crippen molar-refractivity contribution < 1.29 is 14.3 Å². The topological polar surface area (TPSA) is 43.4 Å². The standard InChI is InChI=1S/C15H20O3/c1-2-11-18-15(17)12-14(16)10-6-9-13-7-4-3-5-8-13/h3-5,7-8H,2,6,9-12H2,1H3. The highest BCUT2D eigenvalue weighted by atomic mass is 16.5. The van der Waals surface area contributed by atoms with Crippen LogP contribution in [0.2, 0.25) is 0 Å². The lowest BCUT2D eigenvalue weighted by Gasteiger charge is -2.03. The number of carbonyl (C=O) groups is 2. The van der Waals surface area contributed by atoms with Crippen LogP contribution in [-0.2, 0) is 20.7 Å². The van der Waals surface area contributed by atoms with E-state index in [4.69, 9.17) is 4.74 Å². The average Bonchev–Trinajstić information content (AvgIpc) is 2.37. The zero-order valence-electron chi connectivity index (χ0n) is 10.9. The Labute approximate surface area is 108 Å². The van der Waals surface area contributed by atoms with Gasteiger partial charge in [-0.2, -0.15) is 0 Å². The molecule has 0 radical (unpaired) electrons. The molecule has 0 N–H and O–H groups in total. The van der Waals surface area contributed by atoms with Crippen LogP contribution in [0.15, 0.2) is 30.3 Å². The molecule has 0 aliphatic carbocycles. The van der Waals surface area contributed by atoms with E-state index in [1.807, 2.05) is 37.3 Å². The SMILES string of the molecule is CCCOC(=O)CC(=O)CCCc1ccccc1. The molecule has 1 aromatic carbocycles. The minimum absolute atomic E-state index is 0.0352. The van der Waals surface area contributed by atoms with Gasteiger partial charge in [-0.3, -0.25) is 9.59 Å². The van der Waals surface area contributed by atoms with Gasteiger partial charge in [-0.1, -0.05) is 37.3 Å². The fourth-order valence-corrected chi connectivity index (χ4v) is 1.65. The maximum atomic E-state index is 11.5. The molecule has 3 nitrogen and oxygen atoms in total. The van der Waals surface area contributed by atoms with Crippen molar-refractivity contribution in [3.63, 3.8) is 0 Å². The second-order valence-corrected chi connectivity index (χ2v) is 4.28. The number of ether oxygens (including phenoxy) is 1. The summed E-state index contributed by atoms with van der Waals surface area (Å²) < 4.78 is 4.87. The fraction of sp³-hybridized carbons (Fsp3) is 0.467. The number of rotatable bonds is 8. The molecule has 0 heterocycles. The molecule has 0 amide bonds. The number of Topliss-reactive ketones (excluding diaryl/α,β-unsaturated/α-hetero) is 1. The maximum Gasteiger partial charge on any atom is 0.313 e. The minimum atomic E-state index is -0.401. The Bertz CT molecular complexity index is 371. The van der Waals surface area contributed by atoms with E-state index >= 15 is 0 Å². The van der Waals surface area contributed by atoms with Gasteiger partial charge in [0.25, 0.3) is 0 Å². The van der Waals surface area contributed by atoms with Crippen molar-refractivity contribution >= 4 is 11.8 Å². The second-order valence-electron chi connectivity index (χ2n) is 4.28. The monoisotopic (exact) mass is 248 g/mol. The van der Waals surface area contributed by atoms with Gasteiger partial charge in [0.05, 0.1) is 6.61 Å². The molecule has 1 aromatic rings. The minimum Gasteiger partial charge on any atom is -0.465 e. The van der Waals surface area contributed by atoms with Gasteiger partial charge in [0.1, 0.15) is 12.2 Å². The third kappa shape index (κ3) is 6.18. The van der Waals surface area contributed by atoms with Gasteiger partial charge in [-0.05, 0) is 24.8 Å². The highest BCUT2D eigenvalue weighted by Crippen LogP contribution is 2.06. The smallest absolute Gasteiger partial charge is 0.313 e. The molecule has 3 heteroatoms. The predicted molar refractivity (Wildman–Crippen MR) is 70.3 cm³/mol. The van der Waals surface area contributed by atoms with Crippen molar-refractivity contribution in [3.8, 4) is 0 Å². The van der Waals surface area contributed by atoms with E-state index in [9.17, 15) is 9.59 Å². The molecule has 0 saturated heterocycles. The van der Waals surface area contributed by atoms with E-state index in [0.29, 0.717) is 13.0 Å². The fourth-order valence-electron chi connectivity index (χ4n) is 1.65. The van der Waals surface area contributed by atoms with E-state index < -0.39 is 5.97 Å². The number of carbonyl (C=O) groups excluding carboxylic acids is 2. The molecule has 0 bridgehead atoms. The molecule has 1 rings (SSSR count). The molecule has 0 saturated carbocycles. The van der Waals surface area contributed by atoms with Crippen molar-refractivity contribution in [2.75, 3.05) is 6.61 Å².